The number of piperazine rings is 1. The molecule has 1 amide bonds. The first-order chi connectivity index (χ1) is 17.5. The van der Waals surface area contributed by atoms with Crippen molar-refractivity contribution in [1.29, 1.82) is 0 Å². The molecule has 3 rings (SSSR count). The van der Waals surface area contributed by atoms with Gasteiger partial charge in [0, 0.05) is 42.1 Å². The summed E-state index contributed by atoms with van der Waals surface area (Å²) in [5.74, 6) is -0.710. The Labute approximate surface area is 230 Å². The first-order valence-corrected chi connectivity index (χ1v) is 13.6. The topological polar surface area (TPSA) is 79.3 Å². The monoisotopic (exact) mass is 552 g/mol. The Morgan fingerprint density at radius 3 is 2.38 bits per heavy atom. The van der Waals surface area contributed by atoms with Crippen LogP contribution >= 0.6 is 23.2 Å². The van der Waals surface area contributed by atoms with E-state index in [0.717, 1.165) is 24.2 Å². The number of amides is 1. The molecule has 1 N–H and O–H groups in total. The second kappa shape index (κ2) is 13.7. The molecule has 1 saturated heterocycles. The molecule has 2 aliphatic rings. The van der Waals surface area contributed by atoms with Gasteiger partial charge in [0.25, 0.3) is 0 Å². The van der Waals surface area contributed by atoms with Gasteiger partial charge in [-0.15, -0.1) is 0 Å². The summed E-state index contributed by atoms with van der Waals surface area (Å²) in [6.07, 6.45) is 4.42. The van der Waals surface area contributed by atoms with Gasteiger partial charge in [0.1, 0.15) is 12.2 Å². The normalized spacial score (nSPS) is 29.6. The molecule has 1 fully saturated rings. The van der Waals surface area contributed by atoms with E-state index in [0.29, 0.717) is 36.0 Å². The molecule has 0 saturated carbocycles. The molecule has 0 bridgehead atoms. The zero-order valence-corrected chi connectivity index (χ0v) is 23.5. The minimum absolute atomic E-state index is 0.0337. The molecule has 0 radical (unpaired) electrons. The fourth-order valence-electron chi connectivity index (χ4n) is 4.63. The van der Waals surface area contributed by atoms with Gasteiger partial charge in [-0.05, 0) is 68.1 Å². The second-order valence-corrected chi connectivity index (χ2v) is 11.2. The van der Waals surface area contributed by atoms with Crippen molar-refractivity contribution in [2.24, 2.45) is 11.8 Å². The average molecular weight is 554 g/mol. The second-order valence-electron chi connectivity index (χ2n) is 10.3. The summed E-state index contributed by atoms with van der Waals surface area (Å²) in [7, 11) is 2.04. The Bertz CT molecular complexity index is 986. The highest BCUT2D eigenvalue weighted by molar-refractivity contribution is 6.34. The van der Waals surface area contributed by atoms with E-state index in [2.05, 4.69) is 4.90 Å². The van der Waals surface area contributed by atoms with Crippen molar-refractivity contribution in [2.45, 2.75) is 58.3 Å². The maximum absolute atomic E-state index is 12.9. The molecule has 37 heavy (non-hydrogen) atoms. The van der Waals surface area contributed by atoms with Gasteiger partial charge in [-0.25, -0.2) is 4.79 Å². The van der Waals surface area contributed by atoms with E-state index in [1.54, 1.807) is 23.1 Å². The molecule has 5 atom stereocenters. The average Bonchev–Trinajstić information content (AvgIpc) is 2.82. The standard InChI is InChI=1S/C28H38Cl2N2O5/c1-18-5-7-24(33)17-26(34)37-27(20(3)13-21-14-22(29)16-23(30)15-21)19(2)6-8-25(18)36-28(35)32-11-9-31(4)10-12-32/h6,8,13-16,18-19,24-25,27,33H,5,7,9-12,17H2,1-4H3/b8-6+,20-13+/t18-,19-,24+,25-,27-/m0/s1. The number of aliphatic hydroxyl groups is 1. The lowest BCUT2D eigenvalue weighted by molar-refractivity contribution is -0.151. The first kappa shape index (κ1) is 29.5. The number of ether oxygens (including phenoxy) is 2. The highest BCUT2D eigenvalue weighted by Gasteiger charge is 2.29. The Morgan fingerprint density at radius 1 is 1.08 bits per heavy atom. The molecule has 2 aliphatic heterocycles. The van der Waals surface area contributed by atoms with Crippen LogP contribution in [0.5, 0.6) is 0 Å². The Hall–Kier alpha value is -2.06. The van der Waals surface area contributed by atoms with Gasteiger partial charge in [-0.1, -0.05) is 49.2 Å². The van der Waals surface area contributed by atoms with Crippen LogP contribution < -0.4 is 0 Å². The first-order valence-electron chi connectivity index (χ1n) is 12.9. The van der Waals surface area contributed by atoms with Crippen LogP contribution in [0, 0.1) is 11.8 Å². The highest BCUT2D eigenvalue weighted by atomic mass is 35.5. The molecule has 1 aromatic carbocycles. The van der Waals surface area contributed by atoms with Crippen LogP contribution in [0.4, 0.5) is 4.79 Å². The van der Waals surface area contributed by atoms with Crippen LogP contribution in [0.25, 0.3) is 6.08 Å². The van der Waals surface area contributed by atoms with Crippen LogP contribution in [0.3, 0.4) is 0 Å². The number of carbonyl (C=O) groups is 2. The molecular weight excluding hydrogens is 515 g/mol. The fourth-order valence-corrected chi connectivity index (χ4v) is 5.18. The van der Waals surface area contributed by atoms with Gasteiger partial charge in [-0.2, -0.15) is 0 Å². The van der Waals surface area contributed by atoms with Gasteiger partial charge in [0.05, 0.1) is 12.5 Å². The van der Waals surface area contributed by atoms with Crippen molar-refractivity contribution in [1.82, 2.24) is 9.80 Å². The van der Waals surface area contributed by atoms with Gasteiger partial charge in [0.15, 0.2) is 0 Å². The van der Waals surface area contributed by atoms with Crippen molar-refractivity contribution in [3.8, 4) is 0 Å². The van der Waals surface area contributed by atoms with Gasteiger partial charge < -0.3 is 24.4 Å². The SMILES string of the molecule is C/C(=C\c1cc(Cl)cc(Cl)c1)[C@H]1OC(=O)C[C@H](O)CC[C@H](C)[C@@H](OC(=O)N2CCN(C)CC2)/C=C/[C@@H]1C. The number of benzene rings is 1. The number of halogens is 2. The fraction of sp³-hybridized carbons (Fsp3) is 0.571. The van der Waals surface area contributed by atoms with Crippen LogP contribution in [0.1, 0.15) is 45.6 Å². The molecule has 0 spiro atoms. The van der Waals surface area contributed by atoms with Crippen LogP contribution in [0.2, 0.25) is 10.0 Å². The maximum Gasteiger partial charge on any atom is 0.410 e. The number of aliphatic hydroxyl groups excluding tert-OH is 1. The van der Waals surface area contributed by atoms with E-state index < -0.39 is 24.3 Å². The lowest BCUT2D eigenvalue weighted by atomic mass is 9.91. The van der Waals surface area contributed by atoms with Crippen molar-refractivity contribution in [3.63, 3.8) is 0 Å². The van der Waals surface area contributed by atoms with Gasteiger partial charge >= 0.3 is 12.1 Å². The zero-order chi connectivity index (χ0) is 27.1. The third-order valence-electron chi connectivity index (χ3n) is 6.99. The summed E-state index contributed by atoms with van der Waals surface area (Å²) >= 11 is 12.3. The number of carbonyl (C=O) groups excluding carboxylic acids is 2. The predicted molar refractivity (Wildman–Crippen MR) is 147 cm³/mol. The van der Waals surface area contributed by atoms with E-state index in [1.165, 1.54) is 0 Å². The summed E-state index contributed by atoms with van der Waals surface area (Å²) in [5.41, 5.74) is 1.59. The van der Waals surface area contributed by atoms with E-state index >= 15 is 0 Å². The van der Waals surface area contributed by atoms with Crippen LogP contribution in [-0.2, 0) is 14.3 Å². The molecular formula is C28H38Cl2N2O5. The maximum atomic E-state index is 12.9. The van der Waals surface area contributed by atoms with E-state index in [1.807, 2.05) is 46.0 Å². The molecule has 9 heteroatoms. The summed E-state index contributed by atoms with van der Waals surface area (Å²) in [6, 6.07) is 5.23. The van der Waals surface area contributed by atoms with Crippen molar-refractivity contribution in [3.05, 3.63) is 51.5 Å². The lowest BCUT2D eigenvalue weighted by Gasteiger charge is -2.33. The van der Waals surface area contributed by atoms with Crippen LogP contribution in [-0.4, -0.2) is 78.5 Å². The van der Waals surface area contributed by atoms with E-state index in [9.17, 15) is 14.7 Å². The summed E-state index contributed by atoms with van der Waals surface area (Å²) in [5, 5.41) is 11.5. The minimum atomic E-state index is -0.834. The van der Waals surface area contributed by atoms with E-state index in [-0.39, 0.29) is 24.3 Å². The Balaban J connectivity index is 1.84. The number of hydrogen-bond donors (Lipinski definition) is 1. The molecule has 0 unspecified atom stereocenters. The largest absolute Gasteiger partial charge is 0.457 e. The summed E-state index contributed by atoms with van der Waals surface area (Å²) in [6.45, 7) is 8.71. The van der Waals surface area contributed by atoms with Crippen LogP contribution in [0.15, 0.2) is 35.9 Å². The molecule has 1 aromatic rings. The zero-order valence-electron chi connectivity index (χ0n) is 22.0. The lowest BCUT2D eigenvalue weighted by Crippen LogP contribution is -2.48. The Morgan fingerprint density at radius 2 is 1.73 bits per heavy atom. The number of esters is 1. The highest BCUT2D eigenvalue weighted by Crippen LogP contribution is 2.27. The predicted octanol–water partition coefficient (Wildman–Crippen LogP) is 5.43. The minimum Gasteiger partial charge on any atom is -0.457 e. The van der Waals surface area contributed by atoms with Crippen molar-refractivity contribution >= 4 is 41.3 Å². The van der Waals surface area contributed by atoms with E-state index in [4.69, 9.17) is 32.7 Å². The number of hydrogen-bond acceptors (Lipinski definition) is 6. The third-order valence-corrected chi connectivity index (χ3v) is 7.42. The Kier molecular flexibility index (Phi) is 10.9. The third kappa shape index (κ3) is 9.02. The number of nitrogens with zero attached hydrogens (tertiary/aromatic N) is 2. The molecule has 0 aromatic heterocycles. The number of likely N-dealkylation sites (N-methyl/N-ethyl adjacent to an activating group) is 1. The number of rotatable bonds is 3. The molecule has 204 valence electrons. The summed E-state index contributed by atoms with van der Waals surface area (Å²) in [4.78, 5) is 29.5. The van der Waals surface area contributed by atoms with Gasteiger partial charge in [0.2, 0.25) is 0 Å². The molecule has 0 aliphatic carbocycles. The summed E-state index contributed by atoms with van der Waals surface area (Å²) < 4.78 is 11.8. The molecule has 7 nitrogen and oxygen atoms in total. The van der Waals surface area contributed by atoms with Gasteiger partial charge in [-0.3, -0.25) is 4.79 Å². The smallest absolute Gasteiger partial charge is 0.410 e. The quantitative estimate of drug-likeness (QED) is 0.397. The molecule has 2 heterocycles. The van der Waals surface area contributed by atoms with Crippen molar-refractivity contribution in [2.75, 3.05) is 33.2 Å². The number of cyclic esters (lactones) is 1. The van der Waals surface area contributed by atoms with Crippen molar-refractivity contribution < 1.29 is 24.2 Å².